The molecular formula is C10H11NO. The van der Waals surface area contributed by atoms with E-state index in [1.54, 1.807) is 6.07 Å². The monoisotopic (exact) mass is 161 g/mol. The van der Waals surface area contributed by atoms with Gasteiger partial charge in [0.25, 0.3) is 0 Å². The van der Waals surface area contributed by atoms with Crippen LogP contribution in [0.1, 0.15) is 24.0 Å². The molecule has 12 heavy (non-hydrogen) atoms. The van der Waals surface area contributed by atoms with Crippen LogP contribution in [0, 0.1) is 4.91 Å². The molecule has 2 heteroatoms. The molecule has 0 aliphatic heterocycles. The average Bonchev–Trinajstić information content (AvgIpc) is 2.17. The molecule has 0 unspecified atom stereocenters. The van der Waals surface area contributed by atoms with Crippen LogP contribution in [0.15, 0.2) is 23.4 Å². The van der Waals surface area contributed by atoms with E-state index in [4.69, 9.17) is 0 Å². The van der Waals surface area contributed by atoms with E-state index in [1.807, 2.05) is 12.1 Å². The first-order valence-corrected chi connectivity index (χ1v) is 4.35. The Labute approximate surface area is 71.6 Å². The Hall–Kier alpha value is -1.18. The van der Waals surface area contributed by atoms with Crippen molar-refractivity contribution in [1.29, 1.82) is 0 Å². The molecule has 0 atom stereocenters. The molecule has 0 saturated carbocycles. The third-order valence-electron chi connectivity index (χ3n) is 2.44. The number of aryl methyl sites for hydroxylation is 2. The van der Waals surface area contributed by atoms with Crippen molar-refractivity contribution in [1.82, 2.24) is 0 Å². The lowest BCUT2D eigenvalue weighted by Crippen LogP contribution is -2.01. The van der Waals surface area contributed by atoms with Gasteiger partial charge in [0, 0.05) is 0 Å². The largest absolute Gasteiger partial charge is 0.145 e. The minimum absolute atomic E-state index is 0.565. The molecule has 0 radical (unpaired) electrons. The average molecular weight is 161 g/mol. The number of hydrogen-bond donors (Lipinski definition) is 0. The van der Waals surface area contributed by atoms with Crippen LogP contribution in [0.4, 0.5) is 5.69 Å². The molecule has 1 aromatic carbocycles. The van der Waals surface area contributed by atoms with Gasteiger partial charge in [-0.3, -0.25) is 0 Å². The first-order valence-electron chi connectivity index (χ1n) is 4.35. The molecule has 0 aromatic heterocycles. The summed E-state index contributed by atoms with van der Waals surface area (Å²) in [7, 11) is 0. The quantitative estimate of drug-likeness (QED) is 0.582. The fourth-order valence-electron chi connectivity index (χ4n) is 1.78. The van der Waals surface area contributed by atoms with Gasteiger partial charge >= 0.3 is 0 Å². The third-order valence-corrected chi connectivity index (χ3v) is 2.44. The maximum absolute atomic E-state index is 10.2. The maximum Gasteiger partial charge on any atom is 0.108 e. The van der Waals surface area contributed by atoms with Gasteiger partial charge in [-0.05, 0) is 54.1 Å². The highest BCUT2D eigenvalue weighted by atomic mass is 16.3. The molecule has 0 N–H and O–H groups in total. The molecule has 2 rings (SSSR count). The zero-order valence-corrected chi connectivity index (χ0v) is 6.92. The normalized spacial score (nSPS) is 15.3. The van der Waals surface area contributed by atoms with Crippen molar-refractivity contribution >= 4 is 5.69 Å². The van der Waals surface area contributed by atoms with Gasteiger partial charge in [-0.1, -0.05) is 6.07 Å². The lowest BCUT2D eigenvalue weighted by molar-refractivity contribution is 0.686. The van der Waals surface area contributed by atoms with E-state index < -0.39 is 0 Å². The number of fused-ring (bicyclic) bond motifs is 1. The Kier molecular flexibility index (Phi) is 1.90. The molecule has 0 fully saturated rings. The Morgan fingerprint density at radius 3 is 2.58 bits per heavy atom. The van der Waals surface area contributed by atoms with E-state index in [0.29, 0.717) is 5.69 Å². The predicted octanol–water partition coefficient (Wildman–Crippen LogP) is 2.96. The van der Waals surface area contributed by atoms with E-state index in [-0.39, 0.29) is 0 Å². The number of rotatable bonds is 1. The van der Waals surface area contributed by atoms with Crippen molar-refractivity contribution in [3.05, 3.63) is 34.2 Å². The van der Waals surface area contributed by atoms with Crippen molar-refractivity contribution in [2.24, 2.45) is 5.18 Å². The fraction of sp³-hybridized carbons (Fsp3) is 0.400. The summed E-state index contributed by atoms with van der Waals surface area (Å²) in [5.74, 6) is 0. The third kappa shape index (κ3) is 1.24. The smallest absolute Gasteiger partial charge is 0.108 e. The van der Waals surface area contributed by atoms with Gasteiger partial charge < -0.3 is 0 Å². The first kappa shape index (κ1) is 7.47. The molecule has 0 saturated heterocycles. The van der Waals surface area contributed by atoms with Gasteiger partial charge in [0.15, 0.2) is 0 Å². The zero-order chi connectivity index (χ0) is 8.39. The highest BCUT2D eigenvalue weighted by molar-refractivity contribution is 5.44. The second-order valence-electron chi connectivity index (χ2n) is 3.25. The van der Waals surface area contributed by atoms with Crippen LogP contribution in [0.3, 0.4) is 0 Å². The highest BCUT2D eigenvalue weighted by Crippen LogP contribution is 2.25. The summed E-state index contributed by atoms with van der Waals surface area (Å²) in [5.41, 5.74) is 3.28. The summed E-state index contributed by atoms with van der Waals surface area (Å²) in [6.45, 7) is 0. The van der Waals surface area contributed by atoms with Gasteiger partial charge in [-0.15, -0.1) is 4.91 Å². The number of hydrogen-bond acceptors (Lipinski definition) is 2. The molecular weight excluding hydrogens is 150 g/mol. The molecule has 0 spiro atoms. The number of benzene rings is 1. The molecule has 0 heterocycles. The lowest BCUT2D eigenvalue weighted by atomic mass is 9.91. The summed E-state index contributed by atoms with van der Waals surface area (Å²) < 4.78 is 0. The molecule has 62 valence electrons. The van der Waals surface area contributed by atoms with Crippen LogP contribution in [0.25, 0.3) is 0 Å². The minimum Gasteiger partial charge on any atom is -0.145 e. The summed E-state index contributed by atoms with van der Waals surface area (Å²) in [6, 6.07) is 5.75. The topological polar surface area (TPSA) is 29.4 Å². The van der Waals surface area contributed by atoms with Crippen LogP contribution in [-0.2, 0) is 12.8 Å². The van der Waals surface area contributed by atoms with Crippen LogP contribution in [-0.4, -0.2) is 0 Å². The van der Waals surface area contributed by atoms with E-state index in [2.05, 4.69) is 5.18 Å². The summed E-state index contributed by atoms with van der Waals surface area (Å²) in [4.78, 5) is 10.2. The van der Waals surface area contributed by atoms with E-state index in [0.717, 1.165) is 12.8 Å². The van der Waals surface area contributed by atoms with Crippen molar-refractivity contribution in [3.8, 4) is 0 Å². The molecule has 1 aliphatic rings. The molecule has 2 nitrogen and oxygen atoms in total. The van der Waals surface area contributed by atoms with Crippen molar-refractivity contribution in [2.75, 3.05) is 0 Å². The van der Waals surface area contributed by atoms with Crippen molar-refractivity contribution in [2.45, 2.75) is 25.7 Å². The summed E-state index contributed by atoms with van der Waals surface area (Å²) >= 11 is 0. The van der Waals surface area contributed by atoms with Crippen LogP contribution in [0.2, 0.25) is 0 Å². The zero-order valence-electron chi connectivity index (χ0n) is 6.92. The fourth-order valence-corrected chi connectivity index (χ4v) is 1.78. The lowest BCUT2D eigenvalue weighted by Gasteiger charge is -2.14. The second kappa shape index (κ2) is 3.05. The van der Waals surface area contributed by atoms with E-state index in [9.17, 15) is 4.91 Å². The van der Waals surface area contributed by atoms with Crippen LogP contribution < -0.4 is 0 Å². The molecule has 1 aliphatic carbocycles. The Balaban J connectivity index is 2.42. The van der Waals surface area contributed by atoms with Gasteiger partial charge in [0.1, 0.15) is 5.69 Å². The van der Waals surface area contributed by atoms with Gasteiger partial charge in [0.05, 0.1) is 0 Å². The molecule has 0 amide bonds. The molecule has 0 bridgehead atoms. The van der Waals surface area contributed by atoms with Crippen molar-refractivity contribution < 1.29 is 0 Å². The number of nitrogens with zero attached hydrogens (tertiary/aromatic N) is 1. The standard InChI is InChI=1S/C10H11NO/c12-11-10-6-5-8-3-1-2-4-9(8)7-10/h5-7H,1-4H2. The Morgan fingerprint density at radius 1 is 1.08 bits per heavy atom. The van der Waals surface area contributed by atoms with Gasteiger partial charge in [-0.2, -0.15) is 0 Å². The SMILES string of the molecule is O=Nc1ccc2c(c1)CCCC2. The van der Waals surface area contributed by atoms with Gasteiger partial charge in [0.2, 0.25) is 0 Å². The molecule has 1 aromatic rings. The van der Waals surface area contributed by atoms with E-state index in [1.165, 1.54) is 24.0 Å². The Bertz CT molecular complexity index is 307. The van der Waals surface area contributed by atoms with Crippen LogP contribution >= 0.6 is 0 Å². The number of nitroso groups, excluding NO2 is 1. The minimum atomic E-state index is 0.565. The Morgan fingerprint density at radius 2 is 1.83 bits per heavy atom. The first-order chi connectivity index (χ1) is 5.90. The predicted molar refractivity (Wildman–Crippen MR) is 48.5 cm³/mol. The van der Waals surface area contributed by atoms with E-state index >= 15 is 0 Å². The second-order valence-corrected chi connectivity index (χ2v) is 3.25. The van der Waals surface area contributed by atoms with Gasteiger partial charge in [-0.25, -0.2) is 0 Å². The summed E-state index contributed by atoms with van der Waals surface area (Å²) in [5, 5.41) is 2.93. The highest BCUT2D eigenvalue weighted by Gasteiger charge is 2.08. The summed E-state index contributed by atoms with van der Waals surface area (Å²) in [6.07, 6.45) is 4.79. The van der Waals surface area contributed by atoms with Crippen LogP contribution in [0.5, 0.6) is 0 Å². The van der Waals surface area contributed by atoms with Crippen molar-refractivity contribution in [3.63, 3.8) is 0 Å². The maximum atomic E-state index is 10.2.